The Labute approximate surface area is 159 Å². The van der Waals surface area contributed by atoms with Gasteiger partial charge in [-0.1, -0.05) is 18.1 Å². The maximum absolute atomic E-state index is 12.9. The van der Waals surface area contributed by atoms with Crippen LogP contribution in [0.1, 0.15) is 29.4 Å². The molecule has 0 saturated heterocycles. The highest BCUT2D eigenvalue weighted by molar-refractivity contribution is 5.65. The molecule has 0 spiro atoms. The van der Waals surface area contributed by atoms with Gasteiger partial charge in [0.1, 0.15) is 11.3 Å². The topological polar surface area (TPSA) is 46.8 Å². The average molecular weight is 387 g/mol. The Morgan fingerprint density at radius 2 is 2.00 bits per heavy atom. The molecule has 0 fully saturated rings. The molecule has 0 atom stereocenters. The summed E-state index contributed by atoms with van der Waals surface area (Å²) in [5.41, 5.74) is 1.15. The molecule has 0 bridgehead atoms. The molecule has 2 heterocycles. The van der Waals surface area contributed by atoms with Crippen LogP contribution in [0.4, 0.5) is 13.2 Å². The molecule has 3 aromatic rings. The average Bonchev–Trinajstić information content (AvgIpc) is 2.95. The van der Waals surface area contributed by atoms with E-state index in [0.29, 0.717) is 17.0 Å². The lowest BCUT2D eigenvalue weighted by molar-refractivity contribution is -0.183. The van der Waals surface area contributed by atoms with E-state index >= 15 is 0 Å². The Kier molecular flexibility index (Phi) is 5.38. The van der Waals surface area contributed by atoms with Crippen molar-refractivity contribution in [2.24, 2.45) is 0 Å². The SMILES string of the molecule is CC(=O)ON(C)Cc1nc2ccccn2c1C#Cc1cccc(C(F)(F)F)c1. The normalized spacial score (nSPS) is 11.4. The fourth-order valence-electron chi connectivity index (χ4n) is 2.65. The minimum atomic E-state index is -4.43. The summed E-state index contributed by atoms with van der Waals surface area (Å²) >= 11 is 0. The standard InChI is InChI=1S/C20H16F3N3O2/c1-14(27)28-25(2)13-17-18(26-11-4-3-8-19(26)24-17)10-9-15-6-5-7-16(12-15)20(21,22)23/h3-8,11-12H,13H2,1-2H3. The van der Waals surface area contributed by atoms with E-state index in [1.807, 2.05) is 6.07 Å². The summed E-state index contributed by atoms with van der Waals surface area (Å²) in [4.78, 5) is 20.6. The smallest absolute Gasteiger partial charge is 0.368 e. The minimum absolute atomic E-state index is 0.174. The molecule has 3 rings (SSSR count). The largest absolute Gasteiger partial charge is 0.416 e. The Morgan fingerprint density at radius 1 is 1.21 bits per heavy atom. The molecule has 0 aliphatic rings. The molecule has 0 radical (unpaired) electrons. The molecule has 5 nitrogen and oxygen atoms in total. The third kappa shape index (κ3) is 4.50. The fraction of sp³-hybridized carbons (Fsp3) is 0.200. The molecule has 0 amide bonds. The van der Waals surface area contributed by atoms with Gasteiger partial charge in [0.05, 0.1) is 17.8 Å². The maximum Gasteiger partial charge on any atom is 0.416 e. The number of hydrogen-bond donors (Lipinski definition) is 0. The second-order valence-corrected chi connectivity index (χ2v) is 6.03. The van der Waals surface area contributed by atoms with E-state index in [9.17, 15) is 18.0 Å². The van der Waals surface area contributed by atoms with Crippen molar-refractivity contribution in [3.8, 4) is 11.8 Å². The van der Waals surface area contributed by atoms with Crippen molar-refractivity contribution in [2.75, 3.05) is 7.05 Å². The van der Waals surface area contributed by atoms with Crippen LogP contribution in [0.25, 0.3) is 5.65 Å². The lowest BCUT2D eigenvalue weighted by atomic mass is 10.1. The summed E-state index contributed by atoms with van der Waals surface area (Å²) < 4.78 is 40.4. The predicted molar refractivity (Wildman–Crippen MR) is 95.8 cm³/mol. The first kappa shape index (κ1) is 19.5. The van der Waals surface area contributed by atoms with Crippen LogP contribution < -0.4 is 0 Å². The Balaban J connectivity index is 2.00. The minimum Gasteiger partial charge on any atom is -0.368 e. The fourth-order valence-corrected chi connectivity index (χ4v) is 2.65. The molecule has 8 heteroatoms. The van der Waals surface area contributed by atoms with Gasteiger partial charge in [0.15, 0.2) is 0 Å². The first-order valence-electron chi connectivity index (χ1n) is 8.29. The molecule has 144 valence electrons. The summed E-state index contributed by atoms with van der Waals surface area (Å²) in [6, 6.07) is 10.2. The molecule has 0 saturated carbocycles. The number of rotatable bonds is 3. The predicted octanol–water partition coefficient (Wildman–Crippen LogP) is 3.66. The highest BCUT2D eigenvalue weighted by Crippen LogP contribution is 2.29. The van der Waals surface area contributed by atoms with Crippen molar-refractivity contribution >= 4 is 11.6 Å². The third-order valence-electron chi connectivity index (χ3n) is 3.77. The van der Waals surface area contributed by atoms with E-state index in [4.69, 9.17) is 4.84 Å². The van der Waals surface area contributed by atoms with Gasteiger partial charge in [0.2, 0.25) is 0 Å². The van der Waals surface area contributed by atoms with Gasteiger partial charge in [0.25, 0.3) is 0 Å². The second kappa shape index (κ2) is 7.74. The molecular formula is C20H16F3N3O2. The summed E-state index contributed by atoms with van der Waals surface area (Å²) in [6.07, 6.45) is -2.67. The Morgan fingerprint density at radius 3 is 2.71 bits per heavy atom. The lowest BCUT2D eigenvalue weighted by Gasteiger charge is -2.13. The van der Waals surface area contributed by atoms with E-state index in [1.165, 1.54) is 24.1 Å². The molecule has 0 N–H and O–H groups in total. The summed E-state index contributed by atoms with van der Waals surface area (Å²) in [6.45, 7) is 1.46. The number of halogens is 3. The second-order valence-electron chi connectivity index (χ2n) is 6.03. The molecule has 0 aliphatic carbocycles. The lowest BCUT2D eigenvalue weighted by Crippen LogP contribution is -2.21. The number of carbonyl (C=O) groups is 1. The van der Waals surface area contributed by atoms with Gasteiger partial charge >= 0.3 is 12.1 Å². The zero-order valence-corrected chi connectivity index (χ0v) is 15.1. The van der Waals surface area contributed by atoms with Crippen molar-refractivity contribution in [3.63, 3.8) is 0 Å². The van der Waals surface area contributed by atoms with Gasteiger partial charge in [-0.3, -0.25) is 9.20 Å². The number of alkyl halides is 3. The van der Waals surface area contributed by atoms with Crippen molar-refractivity contribution in [3.05, 3.63) is 71.2 Å². The van der Waals surface area contributed by atoms with Gasteiger partial charge in [-0.2, -0.15) is 13.2 Å². The van der Waals surface area contributed by atoms with Crippen molar-refractivity contribution in [1.82, 2.24) is 14.4 Å². The molecule has 1 aromatic carbocycles. The summed E-state index contributed by atoms with van der Waals surface area (Å²) in [5.74, 6) is 5.21. The number of pyridine rings is 1. The van der Waals surface area contributed by atoms with Crippen LogP contribution in [0.3, 0.4) is 0 Å². The van der Waals surface area contributed by atoms with Crippen LogP contribution in [0, 0.1) is 11.8 Å². The van der Waals surface area contributed by atoms with Crippen LogP contribution in [0.15, 0.2) is 48.7 Å². The van der Waals surface area contributed by atoms with Gasteiger partial charge in [-0.25, -0.2) is 4.98 Å². The molecular weight excluding hydrogens is 371 g/mol. The maximum atomic E-state index is 12.9. The molecule has 28 heavy (non-hydrogen) atoms. The number of fused-ring (bicyclic) bond motifs is 1. The Hall–Kier alpha value is -3.31. The summed E-state index contributed by atoms with van der Waals surface area (Å²) in [5, 5.41) is 1.32. The van der Waals surface area contributed by atoms with Crippen LogP contribution in [-0.2, 0) is 22.4 Å². The third-order valence-corrected chi connectivity index (χ3v) is 3.77. The quantitative estimate of drug-likeness (QED) is 0.508. The Bertz CT molecular complexity index is 1080. The van der Waals surface area contributed by atoms with Crippen LogP contribution in [0.2, 0.25) is 0 Å². The van der Waals surface area contributed by atoms with E-state index in [-0.39, 0.29) is 12.1 Å². The number of nitrogens with zero attached hydrogens (tertiary/aromatic N) is 3. The monoisotopic (exact) mass is 387 g/mol. The first-order valence-corrected chi connectivity index (χ1v) is 8.29. The number of carbonyl (C=O) groups excluding carboxylic acids is 1. The van der Waals surface area contributed by atoms with Crippen molar-refractivity contribution in [2.45, 2.75) is 19.6 Å². The summed E-state index contributed by atoms with van der Waals surface area (Å²) in [7, 11) is 1.58. The molecule has 2 aromatic heterocycles. The van der Waals surface area contributed by atoms with Crippen LogP contribution >= 0.6 is 0 Å². The van der Waals surface area contributed by atoms with Gasteiger partial charge in [-0.15, -0.1) is 5.06 Å². The van der Waals surface area contributed by atoms with Gasteiger partial charge in [0, 0.05) is 25.7 Å². The van der Waals surface area contributed by atoms with Gasteiger partial charge in [-0.05, 0) is 36.3 Å². The number of aromatic nitrogens is 2. The van der Waals surface area contributed by atoms with E-state index in [2.05, 4.69) is 16.8 Å². The van der Waals surface area contributed by atoms with Crippen molar-refractivity contribution in [1.29, 1.82) is 0 Å². The van der Waals surface area contributed by atoms with Gasteiger partial charge < -0.3 is 4.84 Å². The number of benzene rings is 1. The van der Waals surface area contributed by atoms with Crippen LogP contribution in [-0.4, -0.2) is 27.5 Å². The number of hydrogen-bond acceptors (Lipinski definition) is 4. The highest BCUT2D eigenvalue weighted by Gasteiger charge is 2.30. The zero-order valence-electron chi connectivity index (χ0n) is 15.1. The van der Waals surface area contributed by atoms with Crippen LogP contribution in [0.5, 0.6) is 0 Å². The zero-order chi connectivity index (χ0) is 20.3. The highest BCUT2D eigenvalue weighted by atomic mass is 19.4. The van der Waals surface area contributed by atoms with Crippen molar-refractivity contribution < 1.29 is 22.8 Å². The number of hydroxylamine groups is 2. The van der Waals surface area contributed by atoms with E-state index in [0.717, 1.165) is 12.1 Å². The van der Waals surface area contributed by atoms with E-state index < -0.39 is 17.7 Å². The van der Waals surface area contributed by atoms with E-state index in [1.54, 1.807) is 29.8 Å². The number of imidazole rings is 1. The molecule has 0 unspecified atom stereocenters. The first-order chi connectivity index (χ1) is 13.2. The molecule has 0 aliphatic heterocycles.